The number of ether oxygens (including phenoxy) is 1. The van der Waals surface area contributed by atoms with Crippen LogP contribution < -0.4 is 15.8 Å². The molecule has 0 aliphatic carbocycles. The van der Waals surface area contributed by atoms with E-state index in [4.69, 9.17) is 4.74 Å². The van der Waals surface area contributed by atoms with Crippen LogP contribution in [-0.2, 0) is 4.74 Å². The fourth-order valence-electron chi connectivity index (χ4n) is 3.97. The van der Waals surface area contributed by atoms with E-state index < -0.39 is 11.6 Å². The number of Topliss-reactive ketones (excluding diaryl/α,β-unsaturated/α-hetero) is 1. The van der Waals surface area contributed by atoms with Crippen molar-refractivity contribution in [1.82, 2.24) is 10.2 Å². The smallest absolute Gasteiger partial charge is 0.251 e. The minimum absolute atomic E-state index is 0.0726. The van der Waals surface area contributed by atoms with E-state index in [1.165, 1.54) is 0 Å². The summed E-state index contributed by atoms with van der Waals surface area (Å²) in [4.78, 5) is 27.1. The Morgan fingerprint density at radius 2 is 1.86 bits per heavy atom. The normalized spacial score (nSPS) is 12.7. The van der Waals surface area contributed by atoms with E-state index in [2.05, 4.69) is 23.7 Å². The molecule has 2 aromatic rings. The van der Waals surface area contributed by atoms with Crippen LogP contribution in [0.1, 0.15) is 52.5 Å². The van der Waals surface area contributed by atoms with Gasteiger partial charge in [-0.15, -0.1) is 0 Å². The Morgan fingerprint density at radius 3 is 2.49 bits per heavy atom. The van der Waals surface area contributed by atoms with E-state index in [9.17, 15) is 18.4 Å². The highest BCUT2D eigenvalue weighted by atomic mass is 19.1. The van der Waals surface area contributed by atoms with E-state index in [0.717, 1.165) is 47.2 Å². The van der Waals surface area contributed by atoms with Crippen molar-refractivity contribution in [3.05, 3.63) is 69.1 Å². The Labute approximate surface area is 206 Å². The first kappa shape index (κ1) is 28.3. The maximum atomic E-state index is 13.4. The molecular formula is C28H36F2N2O3. The molecule has 0 aromatic heterocycles. The molecule has 5 nitrogen and oxygen atoms in total. The minimum atomic E-state index is -0.743. The molecule has 0 heterocycles. The Kier molecular flexibility index (Phi) is 11.2. The second-order valence-electron chi connectivity index (χ2n) is 8.93. The molecule has 190 valence electrons. The fraction of sp³-hybridized carbons (Fsp3) is 0.429. The van der Waals surface area contributed by atoms with Crippen LogP contribution in [0.4, 0.5) is 8.78 Å². The lowest BCUT2D eigenvalue weighted by Crippen LogP contribution is -2.33. The van der Waals surface area contributed by atoms with Gasteiger partial charge in [-0.05, 0) is 60.5 Å². The average molecular weight is 487 g/mol. The molecule has 0 radical (unpaired) electrons. The van der Waals surface area contributed by atoms with Gasteiger partial charge < -0.3 is 15.0 Å². The highest BCUT2D eigenvalue weighted by molar-refractivity contribution is 5.96. The zero-order valence-electron chi connectivity index (χ0n) is 21.1. The number of hydrogen-bond acceptors (Lipinski definition) is 4. The molecule has 0 bridgehead atoms. The standard InChI is InChI=1S/C28H36F2N2O3/c1-6-21(7-8-27(33)23-14-24(29)17-25(30)15-23)18-32(4)11-9-22-16-26(20(3)13-19(22)2)28(34)31-10-12-35-5/h9,13-17,21H,2,6-8,10-12,18H2,1,3-5H3,(H,31,34)/b22-9-. The first-order valence-electron chi connectivity index (χ1n) is 11.9. The van der Waals surface area contributed by atoms with Gasteiger partial charge in [0.15, 0.2) is 5.78 Å². The van der Waals surface area contributed by atoms with Crippen LogP contribution in [0.5, 0.6) is 0 Å². The van der Waals surface area contributed by atoms with Crippen LogP contribution in [0.3, 0.4) is 0 Å². The van der Waals surface area contributed by atoms with Gasteiger partial charge in [0, 0.05) is 50.4 Å². The van der Waals surface area contributed by atoms with Crippen LogP contribution in [0.2, 0.25) is 0 Å². The number of ketones is 1. The van der Waals surface area contributed by atoms with Gasteiger partial charge in [-0.1, -0.05) is 32.1 Å². The lowest BCUT2D eigenvalue weighted by atomic mass is 9.96. The number of carbonyl (C=O) groups is 2. The van der Waals surface area contributed by atoms with Gasteiger partial charge in [-0.25, -0.2) is 8.78 Å². The summed E-state index contributed by atoms with van der Waals surface area (Å²) in [6, 6.07) is 6.70. The second-order valence-corrected chi connectivity index (χ2v) is 8.93. The Morgan fingerprint density at radius 1 is 1.17 bits per heavy atom. The number of nitrogens with zero attached hydrogens (tertiary/aromatic N) is 1. The summed E-state index contributed by atoms with van der Waals surface area (Å²) in [6.07, 6.45) is 3.79. The largest absolute Gasteiger partial charge is 0.383 e. The lowest BCUT2D eigenvalue weighted by Gasteiger charge is -2.22. The van der Waals surface area contributed by atoms with E-state index in [0.29, 0.717) is 31.7 Å². The van der Waals surface area contributed by atoms with Crippen molar-refractivity contribution in [3.8, 4) is 0 Å². The zero-order valence-corrected chi connectivity index (χ0v) is 21.1. The second kappa shape index (κ2) is 13.9. The first-order valence-corrected chi connectivity index (χ1v) is 11.9. The van der Waals surface area contributed by atoms with Crippen molar-refractivity contribution >= 4 is 24.3 Å². The summed E-state index contributed by atoms with van der Waals surface area (Å²) in [5, 5.41) is 4.60. The maximum absolute atomic E-state index is 13.4. The van der Waals surface area contributed by atoms with E-state index >= 15 is 0 Å². The van der Waals surface area contributed by atoms with E-state index in [-0.39, 0.29) is 29.6 Å². The van der Waals surface area contributed by atoms with Gasteiger partial charge in [-0.2, -0.15) is 0 Å². The minimum Gasteiger partial charge on any atom is -0.383 e. The monoisotopic (exact) mass is 486 g/mol. The molecule has 1 N–H and O–H groups in total. The molecule has 2 rings (SSSR count). The fourth-order valence-corrected chi connectivity index (χ4v) is 3.97. The molecule has 1 atom stereocenters. The summed E-state index contributed by atoms with van der Waals surface area (Å²) in [7, 11) is 3.59. The van der Waals surface area contributed by atoms with Crippen molar-refractivity contribution in [1.29, 1.82) is 0 Å². The van der Waals surface area contributed by atoms with Crippen LogP contribution in [0, 0.1) is 24.5 Å². The molecule has 1 unspecified atom stereocenters. The Hall–Kier alpha value is -2.90. The van der Waals surface area contributed by atoms with E-state index in [1.807, 2.05) is 32.2 Å². The number of aryl methyl sites for hydroxylation is 1. The number of benzene rings is 2. The average Bonchev–Trinajstić information content (AvgIpc) is 2.80. The number of hydrogen-bond donors (Lipinski definition) is 1. The molecule has 35 heavy (non-hydrogen) atoms. The summed E-state index contributed by atoms with van der Waals surface area (Å²) in [5.41, 5.74) is 1.55. The van der Waals surface area contributed by atoms with Crippen molar-refractivity contribution in [3.63, 3.8) is 0 Å². The van der Waals surface area contributed by atoms with Crippen molar-refractivity contribution < 1.29 is 23.1 Å². The predicted octanol–water partition coefficient (Wildman–Crippen LogP) is 3.46. The number of rotatable bonds is 13. The number of methoxy groups -OCH3 is 1. The molecule has 0 saturated heterocycles. The summed E-state index contributed by atoms with van der Waals surface area (Å²) in [5.74, 6) is -1.63. The molecule has 7 heteroatoms. The zero-order chi connectivity index (χ0) is 26.0. The van der Waals surface area contributed by atoms with Crippen LogP contribution >= 0.6 is 0 Å². The first-order chi connectivity index (χ1) is 16.6. The molecule has 0 saturated carbocycles. The lowest BCUT2D eigenvalue weighted by molar-refractivity contribution is 0.0934. The van der Waals surface area contributed by atoms with Gasteiger partial charge in [0.05, 0.1) is 6.61 Å². The van der Waals surface area contributed by atoms with Crippen molar-refractivity contribution in [2.75, 3.05) is 40.4 Å². The SMILES string of the molecule is C=c1cc(C)c(C(=O)NCCOC)c/c1=C/CN(C)CC(CC)CCC(=O)c1cc(F)cc(F)c1. The third kappa shape index (κ3) is 9.00. The van der Waals surface area contributed by atoms with Crippen molar-refractivity contribution in [2.24, 2.45) is 5.92 Å². The number of carbonyl (C=O) groups excluding carboxylic acids is 2. The highest BCUT2D eigenvalue weighted by Gasteiger charge is 2.15. The quantitative estimate of drug-likeness (QED) is 0.348. The predicted molar refractivity (Wildman–Crippen MR) is 136 cm³/mol. The molecule has 0 aliphatic heterocycles. The number of nitrogens with one attached hydrogen (secondary N) is 1. The van der Waals surface area contributed by atoms with Crippen LogP contribution in [-0.4, -0.2) is 57.0 Å². The third-order valence-corrected chi connectivity index (χ3v) is 6.06. The number of amides is 1. The van der Waals surface area contributed by atoms with Crippen LogP contribution in [0.25, 0.3) is 12.7 Å². The molecular weight excluding hydrogens is 450 g/mol. The Balaban J connectivity index is 1.99. The van der Waals surface area contributed by atoms with Gasteiger partial charge in [-0.3, -0.25) is 9.59 Å². The van der Waals surface area contributed by atoms with Gasteiger partial charge in [0.25, 0.3) is 5.91 Å². The van der Waals surface area contributed by atoms with Gasteiger partial charge in [0.1, 0.15) is 11.6 Å². The Bertz CT molecular complexity index is 1110. The highest BCUT2D eigenvalue weighted by Crippen LogP contribution is 2.17. The van der Waals surface area contributed by atoms with Gasteiger partial charge >= 0.3 is 0 Å². The van der Waals surface area contributed by atoms with Crippen molar-refractivity contribution in [2.45, 2.75) is 33.1 Å². The molecule has 0 spiro atoms. The molecule has 0 fully saturated rings. The van der Waals surface area contributed by atoms with Crippen LogP contribution in [0.15, 0.2) is 30.3 Å². The third-order valence-electron chi connectivity index (χ3n) is 6.06. The number of halogens is 2. The summed E-state index contributed by atoms with van der Waals surface area (Å²) < 4.78 is 31.8. The molecule has 2 aromatic carbocycles. The summed E-state index contributed by atoms with van der Waals surface area (Å²) >= 11 is 0. The van der Waals surface area contributed by atoms with E-state index in [1.54, 1.807) is 7.11 Å². The van der Waals surface area contributed by atoms with Gasteiger partial charge in [0.2, 0.25) is 0 Å². The molecule has 0 aliphatic rings. The topological polar surface area (TPSA) is 58.6 Å². The molecule has 1 amide bonds. The summed E-state index contributed by atoms with van der Waals surface area (Å²) in [6.45, 7) is 10.4. The maximum Gasteiger partial charge on any atom is 0.251 e.